The Balaban J connectivity index is 1.23. The third-order valence-electron chi connectivity index (χ3n) is 16.5. The van der Waals surface area contributed by atoms with E-state index < -0.39 is 0 Å². The zero-order chi connectivity index (χ0) is 43.2. The maximum Gasteiger partial charge on any atom is 0.252 e. The largest absolute Gasteiger partial charge is 0.334 e. The molecule has 3 heterocycles. The molecule has 6 aromatic rings. The lowest BCUT2D eigenvalue weighted by Gasteiger charge is -2.56. The standard InChI is InChI=1S/C59H56BN3/c1-38-29-30-57(5,6)46-37-48-52(36-43(38)46)62(49-28-27-40(56(2,3)4)33-44(49)39-19-11-9-12-20-39)54-35-42(63-50-25-17-15-23-45(50)58(7)31-32-59(58,63)8)34-53-55(54)60(48)47-24-16-18-26-51(47)61(53)41-21-13-10-14-22-41/h10-11,13-28,33-38H,29-32H2,1-8H3. The lowest BCUT2D eigenvalue weighted by molar-refractivity contribution is 0.133. The molecule has 1 saturated carbocycles. The second kappa shape index (κ2) is 13.2. The predicted octanol–water partition coefficient (Wildman–Crippen LogP) is 13.5. The summed E-state index contributed by atoms with van der Waals surface area (Å²) in [6, 6.07) is 47.2. The van der Waals surface area contributed by atoms with Gasteiger partial charge in [-0.3, -0.25) is 0 Å². The van der Waals surface area contributed by atoms with E-state index in [0.717, 1.165) is 12.0 Å². The summed E-state index contributed by atoms with van der Waals surface area (Å²) in [7, 11) is 0. The molecule has 12 rings (SSSR count). The van der Waals surface area contributed by atoms with Crippen molar-refractivity contribution in [2.24, 2.45) is 0 Å². The molecule has 6 aliphatic rings. The van der Waals surface area contributed by atoms with Crippen molar-refractivity contribution in [3.05, 3.63) is 179 Å². The monoisotopic (exact) mass is 817 g/mol. The van der Waals surface area contributed by atoms with Crippen LogP contribution in [0.25, 0.3) is 5.57 Å². The van der Waals surface area contributed by atoms with Gasteiger partial charge in [0.25, 0.3) is 6.71 Å². The fourth-order valence-electron chi connectivity index (χ4n) is 12.5. The van der Waals surface area contributed by atoms with Crippen molar-refractivity contribution < 1.29 is 0 Å². The number of benzene rings is 6. The Kier molecular flexibility index (Phi) is 8.05. The van der Waals surface area contributed by atoms with Crippen LogP contribution < -0.4 is 31.1 Å². The first kappa shape index (κ1) is 38.5. The molecule has 310 valence electrons. The zero-order valence-electron chi connectivity index (χ0n) is 38.1. The van der Waals surface area contributed by atoms with Crippen LogP contribution in [0.2, 0.25) is 0 Å². The summed E-state index contributed by atoms with van der Waals surface area (Å²) < 4.78 is 0. The van der Waals surface area contributed by atoms with Crippen molar-refractivity contribution in [3.63, 3.8) is 0 Å². The van der Waals surface area contributed by atoms with Gasteiger partial charge in [-0.1, -0.05) is 127 Å². The van der Waals surface area contributed by atoms with Gasteiger partial charge < -0.3 is 14.7 Å². The summed E-state index contributed by atoms with van der Waals surface area (Å²) in [5.41, 5.74) is 28.8. The summed E-state index contributed by atoms with van der Waals surface area (Å²) in [6.45, 7) is 19.4. The Bertz CT molecular complexity index is 3080. The van der Waals surface area contributed by atoms with Crippen molar-refractivity contribution >= 4 is 74.2 Å². The highest BCUT2D eigenvalue weighted by molar-refractivity contribution is 7.00. The Morgan fingerprint density at radius 2 is 1.35 bits per heavy atom. The van der Waals surface area contributed by atoms with Crippen molar-refractivity contribution in [1.82, 2.24) is 0 Å². The molecule has 0 radical (unpaired) electrons. The minimum absolute atomic E-state index is 0.0319. The van der Waals surface area contributed by atoms with Gasteiger partial charge in [0.1, 0.15) is 0 Å². The molecule has 0 saturated heterocycles. The number of nitrogens with zero attached hydrogens (tertiary/aromatic N) is 3. The Hall–Kier alpha value is -6.18. The molecule has 0 amide bonds. The van der Waals surface area contributed by atoms with Gasteiger partial charge in [0.05, 0.1) is 11.2 Å². The summed E-state index contributed by atoms with van der Waals surface area (Å²) in [6.07, 6.45) is 11.1. The van der Waals surface area contributed by atoms with E-state index >= 15 is 0 Å². The van der Waals surface area contributed by atoms with Gasteiger partial charge in [0.15, 0.2) is 0 Å². The van der Waals surface area contributed by atoms with Gasteiger partial charge in [-0.25, -0.2) is 0 Å². The number of hydrogen-bond acceptors (Lipinski definition) is 3. The summed E-state index contributed by atoms with van der Waals surface area (Å²) >= 11 is 0. The summed E-state index contributed by atoms with van der Waals surface area (Å²) in [5, 5.41) is 0. The van der Waals surface area contributed by atoms with E-state index in [2.05, 4.69) is 215 Å². The van der Waals surface area contributed by atoms with Crippen LogP contribution in [0.1, 0.15) is 115 Å². The van der Waals surface area contributed by atoms with E-state index in [1.54, 1.807) is 0 Å². The normalized spacial score (nSPS) is 23.0. The molecule has 63 heavy (non-hydrogen) atoms. The number of hydrogen-bond donors (Lipinski definition) is 0. The molecule has 6 aromatic carbocycles. The second-order valence-electron chi connectivity index (χ2n) is 21.4. The zero-order valence-corrected chi connectivity index (χ0v) is 38.1. The number of rotatable bonds is 4. The lowest BCUT2D eigenvalue weighted by atomic mass is 9.33. The third kappa shape index (κ3) is 5.29. The summed E-state index contributed by atoms with van der Waals surface area (Å²) in [4.78, 5) is 7.98. The van der Waals surface area contributed by atoms with Crippen molar-refractivity contribution in [3.8, 4) is 0 Å². The number of anilines is 8. The minimum atomic E-state index is -0.0609. The summed E-state index contributed by atoms with van der Waals surface area (Å²) in [5.74, 6) is 0.468. The van der Waals surface area contributed by atoms with Crippen LogP contribution in [0, 0.1) is 0 Å². The average Bonchev–Trinajstić information content (AvgIpc) is 3.42. The van der Waals surface area contributed by atoms with Gasteiger partial charge in [-0.05, 0) is 166 Å². The Morgan fingerprint density at radius 1 is 0.619 bits per heavy atom. The Labute approximate surface area is 374 Å². The molecule has 0 spiro atoms. The first-order valence-corrected chi connectivity index (χ1v) is 23.3. The lowest BCUT2D eigenvalue weighted by Crippen LogP contribution is -2.62. The number of allylic oxidation sites excluding steroid dienone is 4. The second-order valence-corrected chi connectivity index (χ2v) is 21.4. The van der Waals surface area contributed by atoms with Gasteiger partial charge >= 0.3 is 0 Å². The smallest absolute Gasteiger partial charge is 0.252 e. The number of fused-ring (bicyclic) bond motifs is 8. The van der Waals surface area contributed by atoms with Gasteiger partial charge in [0.2, 0.25) is 0 Å². The quantitative estimate of drug-likeness (QED) is 0.129. The molecule has 3 aliphatic heterocycles. The van der Waals surface area contributed by atoms with Crippen molar-refractivity contribution in [1.29, 1.82) is 0 Å². The molecular weight excluding hydrogens is 761 g/mol. The van der Waals surface area contributed by atoms with Crippen LogP contribution >= 0.6 is 0 Å². The molecule has 0 bridgehead atoms. The maximum absolute atomic E-state index is 3.33. The highest BCUT2D eigenvalue weighted by Gasteiger charge is 2.63. The Morgan fingerprint density at radius 3 is 2.08 bits per heavy atom. The van der Waals surface area contributed by atoms with Crippen molar-refractivity contribution in [2.75, 3.05) is 14.7 Å². The van der Waals surface area contributed by atoms with E-state index in [9.17, 15) is 0 Å². The molecule has 0 N–H and O–H groups in total. The third-order valence-corrected chi connectivity index (χ3v) is 16.5. The molecule has 1 fully saturated rings. The van der Waals surface area contributed by atoms with Gasteiger partial charge in [-0.2, -0.15) is 0 Å². The molecule has 3 aliphatic carbocycles. The van der Waals surface area contributed by atoms with Crippen LogP contribution in [-0.4, -0.2) is 12.3 Å². The SMILES string of the molecule is CC1CCC(C)(C)c2cc3c(cc21)N(c1ccc(C(C)(C)C)cc1C1=CC=C=C=C1)c1cc(N2c4ccccc4C4(C)CCC24C)cc2c1B3c1ccccc1N2c1ccccc1. The molecule has 4 heteroatoms. The molecule has 3 nitrogen and oxygen atoms in total. The van der Waals surface area contributed by atoms with E-state index in [0.29, 0.717) is 5.92 Å². The van der Waals surface area contributed by atoms with E-state index in [4.69, 9.17) is 0 Å². The average molecular weight is 818 g/mol. The van der Waals surface area contributed by atoms with E-state index in [1.807, 2.05) is 6.08 Å². The van der Waals surface area contributed by atoms with Gasteiger partial charge in [0, 0.05) is 50.8 Å². The fourth-order valence-corrected chi connectivity index (χ4v) is 12.5. The first-order chi connectivity index (χ1) is 30.3. The molecular formula is C59H56BN3. The van der Waals surface area contributed by atoms with E-state index in [-0.39, 0.29) is 28.5 Å². The molecule has 0 aromatic heterocycles. The molecule has 3 atom stereocenters. The topological polar surface area (TPSA) is 9.72 Å². The van der Waals surface area contributed by atoms with Crippen LogP contribution in [0.15, 0.2) is 151 Å². The van der Waals surface area contributed by atoms with Crippen LogP contribution in [0.4, 0.5) is 45.5 Å². The van der Waals surface area contributed by atoms with Crippen molar-refractivity contribution in [2.45, 2.75) is 109 Å². The van der Waals surface area contributed by atoms with Crippen LogP contribution in [0.5, 0.6) is 0 Å². The number of para-hydroxylation sites is 3. The molecule has 3 unspecified atom stereocenters. The maximum atomic E-state index is 3.33. The highest BCUT2D eigenvalue weighted by Crippen LogP contribution is 2.65. The fraction of sp³-hybridized carbons (Fsp3) is 0.288. The van der Waals surface area contributed by atoms with Crippen LogP contribution in [0.3, 0.4) is 0 Å². The predicted molar refractivity (Wildman–Crippen MR) is 268 cm³/mol. The van der Waals surface area contributed by atoms with E-state index in [1.165, 1.54) is 109 Å². The van der Waals surface area contributed by atoms with Crippen LogP contribution in [-0.2, 0) is 16.2 Å². The minimum Gasteiger partial charge on any atom is -0.334 e. The first-order valence-electron chi connectivity index (χ1n) is 23.3. The van der Waals surface area contributed by atoms with Gasteiger partial charge in [-0.15, -0.1) is 0 Å². The highest BCUT2D eigenvalue weighted by atomic mass is 15.3.